The minimum Gasteiger partial charge on any atom is -0.453 e. The van der Waals surface area contributed by atoms with Crippen LogP contribution >= 0.6 is 27.5 Å². The summed E-state index contributed by atoms with van der Waals surface area (Å²) in [6.07, 6.45) is 0. The molecule has 0 aliphatic heterocycles. The number of halogens is 2. The quantitative estimate of drug-likeness (QED) is 0.565. The number of furan rings is 1. The van der Waals surface area contributed by atoms with Crippen molar-refractivity contribution in [2.75, 3.05) is 0 Å². The van der Waals surface area contributed by atoms with Gasteiger partial charge in [-0.05, 0) is 28.1 Å². The molecule has 0 bridgehead atoms. The lowest BCUT2D eigenvalue weighted by Gasteiger charge is -1.90. The van der Waals surface area contributed by atoms with Gasteiger partial charge < -0.3 is 4.42 Å². The van der Waals surface area contributed by atoms with Gasteiger partial charge in [0.15, 0.2) is 5.58 Å². The molecule has 0 saturated carbocycles. The summed E-state index contributed by atoms with van der Waals surface area (Å²) in [5.74, 6) is 0. The van der Waals surface area contributed by atoms with Crippen LogP contribution in [0.3, 0.4) is 0 Å². The van der Waals surface area contributed by atoms with E-state index in [-0.39, 0.29) is 0 Å². The molecule has 0 radical (unpaired) electrons. The topological polar surface area (TPSA) is 13.1 Å². The lowest BCUT2D eigenvalue weighted by molar-refractivity contribution is 0.667. The lowest BCUT2D eigenvalue weighted by Crippen LogP contribution is -1.67. The van der Waals surface area contributed by atoms with Crippen LogP contribution in [0.5, 0.6) is 0 Å². The third kappa shape index (κ3) is 1.29. The second-order valence-electron chi connectivity index (χ2n) is 3.34. The molecule has 0 atom stereocenters. The molecule has 3 rings (SSSR count). The minimum atomic E-state index is 0.649. The van der Waals surface area contributed by atoms with Crippen molar-refractivity contribution in [3.05, 3.63) is 45.9 Å². The van der Waals surface area contributed by atoms with E-state index in [0.717, 1.165) is 26.4 Å². The number of hydrogen-bond acceptors (Lipinski definition) is 1. The van der Waals surface area contributed by atoms with Gasteiger partial charge in [0.1, 0.15) is 5.58 Å². The summed E-state index contributed by atoms with van der Waals surface area (Å²) in [7, 11) is 0. The highest BCUT2D eigenvalue weighted by molar-refractivity contribution is 9.10. The molecule has 1 heterocycles. The molecule has 3 aromatic rings. The second-order valence-corrected chi connectivity index (χ2v) is 4.60. The average molecular weight is 282 g/mol. The normalized spacial score (nSPS) is 11.3. The van der Waals surface area contributed by atoms with Crippen molar-refractivity contribution in [3.63, 3.8) is 0 Å². The smallest absolute Gasteiger partial charge is 0.154 e. The van der Waals surface area contributed by atoms with Crippen LogP contribution in [0.15, 0.2) is 45.3 Å². The molecule has 15 heavy (non-hydrogen) atoms. The first-order valence-electron chi connectivity index (χ1n) is 4.52. The molecule has 0 N–H and O–H groups in total. The summed E-state index contributed by atoms with van der Waals surface area (Å²) in [5.41, 5.74) is 1.60. The predicted molar refractivity (Wildman–Crippen MR) is 66.4 cm³/mol. The highest BCUT2D eigenvalue weighted by Crippen LogP contribution is 2.36. The second kappa shape index (κ2) is 3.26. The molecule has 2 aromatic carbocycles. The van der Waals surface area contributed by atoms with Gasteiger partial charge in [0, 0.05) is 10.8 Å². The maximum Gasteiger partial charge on any atom is 0.154 e. The number of hydrogen-bond donors (Lipinski definition) is 0. The molecule has 0 saturated heterocycles. The number of benzene rings is 2. The monoisotopic (exact) mass is 280 g/mol. The van der Waals surface area contributed by atoms with Crippen molar-refractivity contribution in [3.8, 4) is 0 Å². The van der Waals surface area contributed by atoms with Gasteiger partial charge in [-0.1, -0.05) is 35.9 Å². The maximum absolute atomic E-state index is 6.07. The Labute approximate surface area is 99.8 Å². The first kappa shape index (κ1) is 9.25. The zero-order valence-corrected chi connectivity index (χ0v) is 9.97. The minimum absolute atomic E-state index is 0.649. The Hall–Kier alpha value is -0.990. The van der Waals surface area contributed by atoms with E-state index < -0.39 is 0 Å². The van der Waals surface area contributed by atoms with Crippen molar-refractivity contribution in [2.45, 2.75) is 0 Å². The van der Waals surface area contributed by atoms with Gasteiger partial charge in [-0.2, -0.15) is 0 Å². The molecule has 3 heteroatoms. The Balaban J connectivity index is 2.63. The molecule has 1 aromatic heterocycles. The Kier molecular flexibility index (Phi) is 2.01. The number of fused-ring (bicyclic) bond motifs is 3. The number of rotatable bonds is 0. The molecule has 1 nitrogen and oxygen atoms in total. The molecule has 0 fully saturated rings. The van der Waals surface area contributed by atoms with E-state index in [1.54, 1.807) is 0 Å². The van der Waals surface area contributed by atoms with E-state index in [0.29, 0.717) is 5.02 Å². The Morgan fingerprint density at radius 1 is 0.933 bits per heavy atom. The third-order valence-electron chi connectivity index (χ3n) is 2.43. The van der Waals surface area contributed by atoms with Gasteiger partial charge in [-0.3, -0.25) is 0 Å². The standard InChI is InChI=1S/C12H6BrClO/c13-9-5-1-3-7-8-4-2-6-10(14)12(8)15-11(7)9/h1-6H. The van der Waals surface area contributed by atoms with E-state index in [1.165, 1.54) is 0 Å². The fraction of sp³-hybridized carbons (Fsp3) is 0. The van der Waals surface area contributed by atoms with Crippen LogP contribution in [0.25, 0.3) is 21.9 Å². The van der Waals surface area contributed by atoms with Gasteiger partial charge in [-0.15, -0.1) is 0 Å². The molecule has 0 unspecified atom stereocenters. The van der Waals surface area contributed by atoms with Gasteiger partial charge in [0.2, 0.25) is 0 Å². The van der Waals surface area contributed by atoms with E-state index in [4.69, 9.17) is 16.0 Å². The zero-order valence-electron chi connectivity index (χ0n) is 7.63. The van der Waals surface area contributed by atoms with E-state index in [1.807, 2.05) is 36.4 Å². The highest BCUT2D eigenvalue weighted by Gasteiger charge is 2.10. The first-order valence-corrected chi connectivity index (χ1v) is 5.70. The summed E-state index contributed by atoms with van der Waals surface area (Å²) in [6.45, 7) is 0. The lowest BCUT2D eigenvalue weighted by atomic mass is 10.1. The number of para-hydroxylation sites is 2. The third-order valence-corrected chi connectivity index (χ3v) is 3.35. The largest absolute Gasteiger partial charge is 0.453 e. The molecular formula is C12H6BrClO. The first-order chi connectivity index (χ1) is 7.27. The zero-order chi connectivity index (χ0) is 10.4. The maximum atomic E-state index is 6.07. The molecular weight excluding hydrogens is 275 g/mol. The van der Waals surface area contributed by atoms with E-state index in [2.05, 4.69) is 15.9 Å². The Morgan fingerprint density at radius 3 is 2.40 bits per heavy atom. The van der Waals surface area contributed by atoms with Gasteiger partial charge in [-0.25, -0.2) is 0 Å². The van der Waals surface area contributed by atoms with Crippen LogP contribution < -0.4 is 0 Å². The molecule has 0 aliphatic rings. The summed E-state index contributed by atoms with van der Waals surface area (Å²) < 4.78 is 6.69. The predicted octanol–water partition coefficient (Wildman–Crippen LogP) is 5.00. The van der Waals surface area contributed by atoms with Gasteiger partial charge in [0.05, 0.1) is 9.50 Å². The fourth-order valence-corrected chi connectivity index (χ4v) is 2.41. The van der Waals surface area contributed by atoms with Crippen molar-refractivity contribution in [1.29, 1.82) is 0 Å². The summed E-state index contributed by atoms with van der Waals surface area (Å²) >= 11 is 9.53. The molecule has 74 valence electrons. The van der Waals surface area contributed by atoms with Gasteiger partial charge in [0.25, 0.3) is 0 Å². The van der Waals surface area contributed by atoms with Crippen molar-refractivity contribution < 1.29 is 4.42 Å². The molecule has 0 spiro atoms. The van der Waals surface area contributed by atoms with Crippen molar-refractivity contribution >= 4 is 49.5 Å². The summed E-state index contributed by atoms with van der Waals surface area (Å²) in [6, 6.07) is 11.8. The summed E-state index contributed by atoms with van der Waals surface area (Å²) in [4.78, 5) is 0. The Morgan fingerprint density at radius 2 is 1.60 bits per heavy atom. The van der Waals surface area contributed by atoms with Crippen molar-refractivity contribution in [2.24, 2.45) is 0 Å². The Bertz CT molecular complexity index is 601. The van der Waals surface area contributed by atoms with Crippen LogP contribution in [0.4, 0.5) is 0 Å². The van der Waals surface area contributed by atoms with Crippen LogP contribution in [0.2, 0.25) is 5.02 Å². The molecule has 0 amide bonds. The summed E-state index contributed by atoms with van der Waals surface area (Å²) in [5, 5.41) is 2.79. The van der Waals surface area contributed by atoms with Crippen LogP contribution in [-0.4, -0.2) is 0 Å². The van der Waals surface area contributed by atoms with Crippen molar-refractivity contribution in [1.82, 2.24) is 0 Å². The van der Waals surface area contributed by atoms with E-state index >= 15 is 0 Å². The fourth-order valence-electron chi connectivity index (χ4n) is 1.75. The highest BCUT2D eigenvalue weighted by atomic mass is 79.9. The van der Waals surface area contributed by atoms with Crippen LogP contribution in [0.1, 0.15) is 0 Å². The van der Waals surface area contributed by atoms with E-state index in [9.17, 15) is 0 Å². The van der Waals surface area contributed by atoms with Gasteiger partial charge >= 0.3 is 0 Å². The average Bonchev–Trinajstić information content (AvgIpc) is 2.60. The van der Waals surface area contributed by atoms with Crippen LogP contribution in [0, 0.1) is 0 Å². The van der Waals surface area contributed by atoms with Crippen LogP contribution in [-0.2, 0) is 0 Å². The molecule has 0 aliphatic carbocycles. The SMILES string of the molecule is Clc1cccc2c1oc1c(Br)cccc12.